The van der Waals surface area contributed by atoms with Crippen molar-refractivity contribution in [1.82, 2.24) is 4.90 Å². The number of nitrogens with zero attached hydrogens (tertiary/aromatic N) is 1. The highest BCUT2D eigenvalue weighted by molar-refractivity contribution is 5.72. The molecule has 0 amide bonds. The van der Waals surface area contributed by atoms with Gasteiger partial charge in [0, 0.05) is 19.6 Å². The Hall–Kier alpha value is -1.14. The zero-order valence-corrected chi connectivity index (χ0v) is 28.8. The molecule has 254 valence electrons. The molecule has 43 heavy (non-hydrogen) atoms. The number of likely N-dealkylation sites (tertiary alicyclic amines) is 1. The number of carbonyl (C=O) groups excluding carboxylic acids is 2. The first-order valence-corrected chi connectivity index (χ1v) is 18.7. The number of rotatable bonds is 29. The summed E-state index contributed by atoms with van der Waals surface area (Å²) in [5.74, 6) is 0.553. The van der Waals surface area contributed by atoms with E-state index in [-0.39, 0.29) is 30.6 Å². The Labute approximate surface area is 266 Å². The maximum Gasteiger partial charge on any atom is 0.309 e. The quantitative estimate of drug-likeness (QED) is 0.0672. The van der Waals surface area contributed by atoms with Gasteiger partial charge >= 0.3 is 11.9 Å². The predicted octanol–water partition coefficient (Wildman–Crippen LogP) is 9.40. The summed E-state index contributed by atoms with van der Waals surface area (Å²) in [6.45, 7) is 10.3. The van der Waals surface area contributed by atoms with Crippen LogP contribution < -0.4 is 0 Å². The molecule has 0 aromatic heterocycles. The van der Waals surface area contributed by atoms with Gasteiger partial charge in [-0.05, 0) is 83.2 Å². The Kier molecular flexibility index (Phi) is 26.3. The van der Waals surface area contributed by atoms with Gasteiger partial charge in [-0.2, -0.15) is 0 Å². The molecule has 1 aliphatic heterocycles. The van der Waals surface area contributed by atoms with Crippen LogP contribution in [-0.4, -0.2) is 60.9 Å². The van der Waals surface area contributed by atoms with Gasteiger partial charge < -0.3 is 19.5 Å². The summed E-state index contributed by atoms with van der Waals surface area (Å²) >= 11 is 0. The van der Waals surface area contributed by atoms with E-state index in [1.54, 1.807) is 0 Å². The normalized spacial score (nSPS) is 15.8. The van der Waals surface area contributed by atoms with Crippen molar-refractivity contribution < 1.29 is 24.2 Å². The highest BCUT2D eigenvalue weighted by Gasteiger charge is 2.27. The number of aliphatic hydroxyl groups excluding tert-OH is 1. The predicted molar refractivity (Wildman–Crippen MR) is 179 cm³/mol. The van der Waals surface area contributed by atoms with E-state index in [0.29, 0.717) is 18.9 Å². The van der Waals surface area contributed by atoms with Crippen LogP contribution in [-0.2, 0) is 19.1 Å². The number of carbonyl (C=O) groups is 2. The molecule has 1 saturated heterocycles. The van der Waals surface area contributed by atoms with Crippen LogP contribution in [0.2, 0.25) is 0 Å². The summed E-state index contributed by atoms with van der Waals surface area (Å²) < 4.78 is 11.7. The smallest absolute Gasteiger partial charge is 0.309 e. The van der Waals surface area contributed by atoms with Crippen molar-refractivity contribution in [1.29, 1.82) is 0 Å². The number of ether oxygens (including phenoxy) is 2. The van der Waals surface area contributed by atoms with Gasteiger partial charge in [0.05, 0.1) is 12.5 Å². The lowest BCUT2D eigenvalue weighted by molar-refractivity contribution is -0.156. The average molecular weight is 610 g/mol. The van der Waals surface area contributed by atoms with Crippen LogP contribution in [0.4, 0.5) is 0 Å². The summed E-state index contributed by atoms with van der Waals surface area (Å²) in [5, 5.41) is 9.09. The Morgan fingerprint density at radius 3 is 1.86 bits per heavy atom. The van der Waals surface area contributed by atoms with Gasteiger partial charge in [-0.3, -0.25) is 9.59 Å². The third-order valence-electron chi connectivity index (χ3n) is 9.27. The van der Waals surface area contributed by atoms with Gasteiger partial charge in [0.1, 0.15) is 6.10 Å². The largest absolute Gasteiger partial charge is 0.465 e. The molecule has 0 aliphatic carbocycles. The van der Waals surface area contributed by atoms with Crippen molar-refractivity contribution in [2.75, 3.05) is 32.8 Å². The number of unbranched alkanes of at least 4 members (excludes halogenated alkanes) is 12. The zero-order valence-electron chi connectivity index (χ0n) is 28.8. The molecule has 1 rings (SSSR count). The van der Waals surface area contributed by atoms with Crippen molar-refractivity contribution >= 4 is 11.9 Å². The Balaban J connectivity index is 2.28. The van der Waals surface area contributed by atoms with E-state index >= 15 is 0 Å². The maximum absolute atomic E-state index is 13.0. The topological polar surface area (TPSA) is 76.1 Å². The summed E-state index contributed by atoms with van der Waals surface area (Å²) in [6.07, 6.45) is 26.6. The lowest BCUT2D eigenvalue weighted by Crippen LogP contribution is -2.38. The molecule has 1 heterocycles. The van der Waals surface area contributed by atoms with Crippen molar-refractivity contribution in [2.45, 2.75) is 181 Å². The molecular formula is C37H71NO5. The van der Waals surface area contributed by atoms with Crippen molar-refractivity contribution in [3.63, 3.8) is 0 Å². The number of hydrogen-bond acceptors (Lipinski definition) is 6. The summed E-state index contributed by atoms with van der Waals surface area (Å²) in [4.78, 5) is 27.6. The zero-order chi connectivity index (χ0) is 31.4. The molecule has 6 nitrogen and oxygen atoms in total. The fourth-order valence-corrected chi connectivity index (χ4v) is 6.38. The minimum atomic E-state index is -0.0246. The number of aliphatic hydroxyl groups is 1. The molecule has 0 bridgehead atoms. The highest BCUT2D eigenvalue weighted by atomic mass is 16.5. The summed E-state index contributed by atoms with van der Waals surface area (Å²) in [7, 11) is 0. The van der Waals surface area contributed by atoms with Gasteiger partial charge in [-0.25, -0.2) is 0 Å². The molecule has 1 fully saturated rings. The van der Waals surface area contributed by atoms with E-state index in [0.717, 1.165) is 103 Å². The molecule has 1 aliphatic rings. The molecule has 1 N–H and O–H groups in total. The monoisotopic (exact) mass is 610 g/mol. The molecule has 2 unspecified atom stereocenters. The third kappa shape index (κ3) is 22.1. The lowest BCUT2D eigenvalue weighted by atomic mass is 9.96. The van der Waals surface area contributed by atoms with Crippen LogP contribution in [0, 0.1) is 11.8 Å². The van der Waals surface area contributed by atoms with Gasteiger partial charge in [0.15, 0.2) is 0 Å². The molecular weight excluding hydrogens is 538 g/mol. The van der Waals surface area contributed by atoms with E-state index in [9.17, 15) is 9.59 Å². The van der Waals surface area contributed by atoms with Crippen LogP contribution in [0.15, 0.2) is 0 Å². The van der Waals surface area contributed by atoms with Crippen molar-refractivity contribution in [2.24, 2.45) is 11.8 Å². The number of piperidine rings is 1. The highest BCUT2D eigenvalue weighted by Crippen LogP contribution is 2.23. The second kappa shape index (κ2) is 28.3. The Morgan fingerprint density at radius 1 is 0.698 bits per heavy atom. The Bertz CT molecular complexity index is 649. The second-order valence-corrected chi connectivity index (χ2v) is 13.3. The van der Waals surface area contributed by atoms with Crippen LogP contribution in [0.1, 0.15) is 175 Å². The second-order valence-electron chi connectivity index (χ2n) is 13.3. The molecule has 0 spiro atoms. The van der Waals surface area contributed by atoms with Crippen molar-refractivity contribution in [3.8, 4) is 0 Å². The Morgan fingerprint density at radius 2 is 1.28 bits per heavy atom. The van der Waals surface area contributed by atoms with Crippen LogP contribution >= 0.6 is 0 Å². The molecule has 0 radical (unpaired) electrons. The molecule has 2 atom stereocenters. The lowest BCUT2D eigenvalue weighted by Gasteiger charge is -2.31. The summed E-state index contributed by atoms with van der Waals surface area (Å²) in [5.41, 5.74) is 0. The van der Waals surface area contributed by atoms with Gasteiger partial charge in [0.25, 0.3) is 0 Å². The summed E-state index contributed by atoms with van der Waals surface area (Å²) in [6, 6.07) is 0. The molecule has 0 aromatic carbocycles. The third-order valence-corrected chi connectivity index (χ3v) is 9.27. The molecule has 0 saturated carbocycles. The van der Waals surface area contributed by atoms with Gasteiger partial charge in [-0.15, -0.1) is 0 Å². The van der Waals surface area contributed by atoms with Crippen molar-refractivity contribution in [3.05, 3.63) is 0 Å². The first-order valence-electron chi connectivity index (χ1n) is 18.7. The molecule has 6 heteroatoms. The van der Waals surface area contributed by atoms with Crippen LogP contribution in [0.25, 0.3) is 0 Å². The average Bonchev–Trinajstić information content (AvgIpc) is 3.02. The fraction of sp³-hybridized carbons (Fsp3) is 0.946. The maximum atomic E-state index is 13.0. The van der Waals surface area contributed by atoms with E-state index < -0.39 is 0 Å². The van der Waals surface area contributed by atoms with E-state index in [1.807, 2.05) is 0 Å². The minimum absolute atomic E-state index is 0.0213. The number of esters is 2. The standard InChI is InChI=1S/C37H71NO5/c1-4-7-9-10-11-14-17-23-35(43-37(41)34-26-29-38(30-27-34)28-20-31-39)24-18-15-12-13-16-19-25-36(40)42-32-33(21-6-3)22-8-5-2/h33-35,39H,4-32H2,1-3H3. The SMILES string of the molecule is CCCCCCCCCC(CCCCCCCCC(=O)OCC(CCC)CCCC)OC(=O)C1CCN(CCCO)CC1. The van der Waals surface area contributed by atoms with Gasteiger partial charge in [0.2, 0.25) is 0 Å². The first kappa shape index (κ1) is 39.9. The van der Waals surface area contributed by atoms with E-state index in [4.69, 9.17) is 14.6 Å². The van der Waals surface area contributed by atoms with E-state index in [2.05, 4.69) is 25.7 Å². The van der Waals surface area contributed by atoms with Crippen LogP contribution in [0.3, 0.4) is 0 Å². The minimum Gasteiger partial charge on any atom is -0.465 e. The van der Waals surface area contributed by atoms with E-state index in [1.165, 1.54) is 64.2 Å². The van der Waals surface area contributed by atoms with Gasteiger partial charge in [-0.1, -0.05) is 104 Å². The number of hydrogen-bond donors (Lipinski definition) is 1. The first-order chi connectivity index (χ1) is 21.0. The fourth-order valence-electron chi connectivity index (χ4n) is 6.38. The van der Waals surface area contributed by atoms with Crippen LogP contribution in [0.5, 0.6) is 0 Å². The molecule has 0 aromatic rings.